The van der Waals surface area contributed by atoms with Gasteiger partial charge in [-0.25, -0.2) is 4.68 Å². The molecule has 0 radical (unpaired) electrons. The van der Waals surface area contributed by atoms with Crippen molar-refractivity contribution >= 4 is 22.1 Å². The van der Waals surface area contributed by atoms with Crippen LogP contribution in [0.25, 0.3) is 0 Å². The highest BCUT2D eigenvalue weighted by molar-refractivity contribution is 9.10. The number of methoxy groups -OCH3 is 1. The van der Waals surface area contributed by atoms with Gasteiger partial charge in [0.05, 0.1) is 24.4 Å². The Morgan fingerprint density at radius 2 is 2.11 bits per heavy atom. The molecule has 1 heterocycles. The van der Waals surface area contributed by atoms with Gasteiger partial charge in [0.15, 0.2) is 11.5 Å². The number of benzene rings is 1. The molecule has 2 rings (SSSR count). The summed E-state index contributed by atoms with van der Waals surface area (Å²) in [5, 5.41) is 11.5. The van der Waals surface area contributed by atoms with Gasteiger partial charge in [0, 0.05) is 0 Å². The summed E-state index contributed by atoms with van der Waals surface area (Å²) in [6.45, 7) is 2.50. The summed E-state index contributed by atoms with van der Waals surface area (Å²) in [5.41, 5.74) is 0.876. The smallest absolute Gasteiger partial charge is 0.175 e. The number of nitrogens with zero attached hydrogens (tertiary/aromatic N) is 4. The molecule has 0 unspecified atom stereocenters. The fraction of sp³-hybridized carbons (Fsp3) is 0.250. The molecule has 2 aromatic rings. The topological polar surface area (TPSA) is 61.5 Å². The van der Waals surface area contributed by atoms with Crippen molar-refractivity contribution in [1.82, 2.24) is 14.9 Å². The molecule has 7 heteroatoms. The monoisotopic (exact) mass is 324 g/mol. The number of halogens is 1. The van der Waals surface area contributed by atoms with Crippen LogP contribution in [0, 0.1) is 0 Å². The molecule has 0 amide bonds. The van der Waals surface area contributed by atoms with E-state index in [4.69, 9.17) is 9.47 Å². The van der Waals surface area contributed by atoms with E-state index in [1.807, 2.05) is 19.1 Å². The fourth-order valence-corrected chi connectivity index (χ4v) is 2.06. The molecule has 1 aromatic heterocycles. The minimum Gasteiger partial charge on any atom is -0.493 e. The van der Waals surface area contributed by atoms with E-state index >= 15 is 0 Å². The molecular formula is C12H13BrN4O2. The van der Waals surface area contributed by atoms with Crippen molar-refractivity contribution in [3.63, 3.8) is 0 Å². The standard InChI is InChI=1S/C12H13BrN4O2/c1-3-19-12-10(13)4-9(5-11(12)18-2)6-16-17-7-14-15-8-17/h4-8H,3H2,1-2H3. The van der Waals surface area contributed by atoms with Crippen LogP contribution in [0.3, 0.4) is 0 Å². The Kier molecular flexibility index (Phi) is 4.51. The largest absolute Gasteiger partial charge is 0.493 e. The minimum absolute atomic E-state index is 0.573. The summed E-state index contributed by atoms with van der Waals surface area (Å²) < 4.78 is 13.2. The number of hydrogen-bond donors (Lipinski definition) is 0. The van der Waals surface area contributed by atoms with Gasteiger partial charge < -0.3 is 9.47 Å². The predicted molar refractivity (Wildman–Crippen MR) is 74.9 cm³/mol. The van der Waals surface area contributed by atoms with Crippen LogP contribution in [-0.2, 0) is 0 Å². The molecule has 0 bridgehead atoms. The number of ether oxygens (including phenoxy) is 2. The molecule has 6 nitrogen and oxygen atoms in total. The summed E-state index contributed by atoms with van der Waals surface area (Å²) in [6, 6.07) is 3.75. The third-order valence-electron chi connectivity index (χ3n) is 2.29. The second-order valence-corrected chi connectivity index (χ2v) is 4.41. The van der Waals surface area contributed by atoms with Crippen LogP contribution in [-0.4, -0.2) is 34.8 Å². The maximum absolute atomic E-state index is 5.52. The van der Waals surface area contributed by atoms with E-state index in [9.17, 15) is 0 Å². The second-order valence-electron chi connectivity index (χ2n) is 3.55. The van der Waals surface area contributed by atoms with E-state index in [1.165, 1.54) is 17.3 Å². The van der Waals surface area contributed by atoms with E-state index in [0.717, 1.165) is 10.0 Å². The van der Waals surface area contributed by atoms with Crippen LogP contribution in [0.5, 0.6) is 11.5 Å². The normalized spacial score (nSPS) is 10.9. The molecule has 19 heavy (non-hydrogen) atoms. The van der Waals surface area contributed by atoms with Gasteiger partial charge in [-0.15, -0.1) is 10.2 Å². The van der Waals surface area contributed by atoms with Crippen LogP contribution in [0.4, 0.5) is 0 Å². The van der Waals surface area contributed by atoms with Crippen molar-refractivity contribution in [3.8, 4) is 11.5 Å². The summed E-state index contributed by atoms with van der Waals surface area (Å²) in [7, 11) is 1.60. The van der Waals surface area contributed by atoms with Gasteiger partial charge in [-0.05, 0) is 40.5 Å². The Morgan fingerprint density at radius 3 is 2.74 bits per heavy atom. The van der Waals surface area contributed by atoms with Gasteiger partial charge in [0.1, 0.15) is 12.7 Å². The average Bonchev–Trinajstić information content (AvgIpc) is 2.92. The average molecular weight is 325 g/mol. The zero-order valence-corrected chi connectivity index (χ0v) is 12.2. The van der Waals surface area contributed by atoms with E-state index in [0.29, 0.717) is 18.1 Å². The lowest BCUT2D eigenvalue weighted by Gasteiger charge is -2.11. The molecule has 0 saturated carbocycles. The Morgan fingerprint density at radius 1 is 1.37 bits per heavy atom. The van der Waals surface area contributed by atoms with Gasteiger partial charge in [-0.1, -0.05) is 0 Å². The van der Waals surface area contributed by atoms with E-state index in [-0.39, 0.29) is 0 Å². The van der Waals surface area contributed by atoms with E-state index in [2.05, 4.69) is 31.2 Å². The Labute approximate surface area is 119 Å². The molecule has 0 N–H and O–H groups in total. The molecule has 0 aliphatic carbocycles. The quantitative estimate of drug-likeness (QED) is 0.792. The van der Waals surface area contributed by atoms with Crippen LogP contribution < -0.4 is 9.47 Å². The van der Waals surface area contributed by atoms with E-state index in [1.54, 1.807) is 13.3 Å². The lowest BCUT2D eigenvalue weighted by atomic mass is 10.2. The number of aromatic nitrogens is 3. The van der Waals surface area contributed by atoms with Crippen LogP contribution in [0.2, 0.25) is 0 Å². The Balaban J connectivity index is 2.30. The molecule has 0 fully saturated rings. The molecule has 0 atom stereocenters. The van der Waals surface area contributed by atoms with Gasteiger partial charge in [-0.2, -0.15) is 5.10 Å². The SMILES string of the molecule is CCOc1c(Br)cc(C=Nn2cnnc2)cc1OC. The Bertz CT molecular complexity index is 569. The number of hydrogen-bond acceptors (Lipinski definition) is 5. The van der Waals surface area contributed by atoms with Crippen molar-refractivity contribution in [1.29, 1.82) is 0 Å². The zero-order valence-electron chi connectivity index (χ0n) is 10.6. The van der Waals surface area contributed by atoms with Gasteiger partial charge >= 0.3 is 0 Å². The van der Waals surface area contributed by atoms with Gasteiger partial charge in [0.25, 0.3) is 0 Å². The number of rotatable bonds is 5. The predicted octanol–water partition coefficient (Wildman–Crippen LogP) is 2.33. The first-order valence-electron chi connectivity index (χ1n) is 5.64. The maximum atomic E-state index is 5.52. The van der Waals surface area contributed by atoms with Gasteiger partial charge in [-0.3, -0.25) is 0 Å². The third kappa shape index (κ3) is 3.31. The highest BCUT2D eigenvalue weighted by Crippen LogP contribution is 2.36. The third-order valence-corrected chi connectivity index (χ3v) is 2.88. The van der Waals surface area contributed by atoms with Crippen molar-refractivity contribution < 1.29 is 9.47 Å². The summed E-state index contributed by atoms with van der Waals surface area (Å²) >= 11 is 3.46. The summed E-state index contributed by atoms with van der Waals surface area (Å²) in [6.07, 6.45) is 4.71. The zero-order chi connectivity index (χ0) is 13.7. The first-order valence-corrected chi connectivity index (χ1v) is 6.43. The molecule has 1 aromatic carbocycles. The van der Waals surface area contributed by atoms with Crippen LogP contribution >= 0.6 is 15.9 Å². The first kappa shape index (κ1) is 13.5. The molecule has 0 spiro atoms. The summed E-state index contributed by atoms with van der Waals surface area (Å²) in [4.78, 5) is 0. The van der Waals surface area contributed by atoms with Crippen molar-refractivity contribution in [2.75, 3.05) is 13.7 Å². The van der Waals surface area contributed by atoms with Crippen LogP contribution in [0.1, 0.15) is 12.5 Å². The first-order chi connectivity index (χ1) is 9.24. The van der Waals surface area contributed by atoms with Crippen molar-refractivity contribution in [2.45, 2.75) is 6.92 Å². The highest BCUT2D eigenvalue weighted by atomic mass is 79.9. The second kappa shape index (κ2) is 6.33. The fourth-order valence-electron chi connectivity index (χ4n) is 1.49. The Hall–Kier alpha value is -1.89. The van der Waals surface area contributed by atoms with Crippen molar-refractivity contribution in [2.24, 2.45) is 5.10 Å². The molecule has 0 saturated heterocycles. The maximum Gasteiger partial charge on any atom is 0.175 e. The summed E-state index contributed by atoms with van der Waals surface area (Å²) in [5.74, 6) is 1.34. The lowest BCUT2D eigenvalue weighted by Crippen LogP contribution is -1.98. The van der Waals surface area contributed by atoms with Crippen molar-refractivity contribution in [3.05, 3.63) is 34.8 Å². The lowest BCUT2D eigenvalue weighted by molar-refractivity contribution is 0.309. The minimum atomic E-state index is 0.573. The molecule has 0 aliphatic rings. The molecular weight excluding hydrogens is 312 g/mol. The van der Waals surface area contributed by atoms with Gasteiger partial charge in [0.2, 0.25) is 0 Å². The molecule has 100 valence electrons. The molecule has 0 aliphatic heterocycles. The highest BCUT2D eigenvalue weighted by Gasteiger charge is 2.10. The van der Waals surface area contributed by atoms with Crippen LogP contribution in [0.15, 0.2) is 34.4 Å². The van der Waals surface area contributed by atoms with E-state index < -0.39 is 0 Å².